The molecule has 3 N–H and O–H groups in total. The van der Waals surface area contributed by atoms with E-state index in [-0.39, 0.29) is 0 Å². The molecule has 0 saturated carbocycles. The Labute approximate surface area is 106 Å². The molecule has 0 spiro atoms. The van der Waals surface area contributed by atoms with Crippen molar-refractivity contribution in [1.82, 2.24) is 4.98 Å². The molecule has 0 amide bonds. The normalized spacial score (nSPS) is 12.1. The number of nitrogens with one attached hydrogen (secondary N) is 1. The monoisotopic (exact) mass is 255 g/mol. The van der Waals surface area contributed by atoms with E-state index in [0.29, 0.717) is 16.7 Å². The summed E-state index contributed by atoms with van der Waals surface area (Å²) in [5.41, 5.74) is 6.21. The first-order chi connectivity index (χ1) is 7.67. The molecule has 3 nitrogen and oxygen atoms in total. The summed E-state index contributed by atoms with van der Waals surface area (Å²) in [6.45, 7) is 2.16. The van der Waals surface area contributed by atoms with Crippen LogP contribution in [-0.2, 0) is 0 Å². The lowest BCUT2D eigenvalue weighted by Gasteiger charge is -2.16. The molecular weight excluding hydrogens is 238 g/mol. The number of nitrogens with two attached hydrogens (primary N) is 1. The van der Waals surface area contributed by atoms with Gasteiger partial charge in [-0.05, 0) is 24.8 Å². The molecule has 5 heteroatoms. The Morgan fingerprint density at radius 3 is 2.94 bits per heavy atom. The van der Waals surface area contributed by atoms with Crippen molar-refractivity contribution in [3.05, 3.63) is 23.9 Å². The summed E-state index contributed by atoms with van der Waals surface area (Å²) in [7, 11) is 0. The van der Waals surface area contributed by atoms with E-state index in [4.69, 9.17) is 18.0 Å². The third kappa shape index (κ3) is 3.98. The first-order valence-corrected chi connectivity index (χ1v) is 7.00. The van der Waals surface area contributed by atoms with Crippen LogP contribution >= 0.6 is 24.0 Å². The molecule has 0 saturated heterocycles. The van der Waals surface area contributed by atoms with Crippen LogP contribution in [0.3, 0.4) is 0 Å². The van der Waals surface area contributed by atoms with Crippen LogP contribution < -0.4 is 11.1 Å². The Bertz CT molecular complexity index is 355. The van der Waals surface area contributed by atoms with Gasteiger partial charge in [-0.15, -0.1) is 0 Å². The molecule has 0 aliphatic heterocycles. The van der Waals surface area contributed by atoms with Crippen LogP contribution in [0.15, 0.2) is 18.2 Å². The van der Waals surface area contributed by atoms with Gasteiger partial charge in [-0.2, -0.15) is 11.8 Å². The van der Waals surface area contributed by atoms with Gasteiger partial charge < -0.3 is 11.1 Å². The number of anilines is 1. The van der Waals surface area contributed by atoms with E-state index in [1.807, 2.05) is 30.0 Å². The predicted octanol–water partition coefficient (Wildman–Crippen LogP) is 2.27. The first kappa shape index (κ1) is 13.3. The second-order valence-corrected chi connectivity index (χ2v) is 4.83. The molecule has 0 fully saturated rings. The van der Waals surface area contributed by atoms with Crippen molar-refractivity contribution in [2.75, 3.05) is 17.3 Å². The van der Waals surface area contributed by atoms with Crippen molar-refractivity contribution in [1.29, 1.82) is 0 Å². The first-order valence-electron chi connectivity index (χ1n) is 5.19. The maximum atomic E-state index is 5.54. The molecule has 0 aliphatic carbocycles. The van der Waals surface area contributed by atoms with E-state index in [1.54, 1.807) is 0 Å². The van der Waals surface area contributed by atoms with Crippen LogP contribution in [0.2, 0.25) is 0 Å². The lowest BCUT2D eigenvalue weighted by atomic mass is 10.2. The quantitative estimate of drug-likeness (QED) is 0.764. The predicted molar refractivity (Wildman–Crippen MR) is 76.2 cm³/mol. The van der Waals surface area contributed by atoms with Crippen LogP contribution in [0.25, 0.3) is 0 Å². The summed E-state index contributed by atoms with van der Waals surface area (Å²) in [5, 5.41) is 3.38. The Morgan fingerprint density at radius 1 is 1.62 bits per heavy atom. The van der Waals surface area contributed by atoms with Crippen molar-refractivity contribution in [3.63, 3.8) is 0 Å². The number of thioether (sulfide) groups is 1. The third-order valence-corrected chi connectivity index (χ3v) is 3.16. The SMILES string of the molecule is CCC(CSC)Nc1cccc(C(N)=S)n1. The number of hydrogen-bond donors (Lipinski definition) is 2. The minimum atomic E-state index is 0.335. The summed E-state index contributed by atoms with van der Waals surface area (Å²) in [5.74, 6) is 1.90. The number of aromatic nitrogens is 1. The van der Waals surface area contributed by atoms with Gasteiger partial charge in [0.05, 0.1) is 5.69 Å². The van der Waals surface area contributed by atoms with Crippen LogP contribution in [0.1, 0.15) is 19.0 Å². The van der Waals surface area contributed by atoms with Gasteiger partial charge in [0.25, 0.3) is 0 Å². The average Bonchev–Trinajstić information content (AvgIpc) is 2.29. The Morgan fingerprint density at radius 2 is 2.38 bits per heavy atom. The van der Waals surface area contributed by atoms with E-state index in [1.165, 1.54) is 0 Å². The molecule has 0 aliphatic rings. The van der Waals surface area contributed by atoms with Crippen molar-refractivity contribution >= 4 is 34.8 Å². The van der Waals surface area contributed by atoms with Crippen LogP contribution in [-0.4, -0.2) is 28.0 Å². The maximum Gasteiger partial charge on any atom is 0.126 e. The standard InChI is InChI=1S/C11H17N3S2/c1-3-8(7-16-2)13-10-6-4-5-9(14-10)11(12)15/h4-6,8H,3,7H2,1-2H3,(H2,12,15)(H,13,14). The van der Waals surface area contributed by atoms with Gasteiger partial charge in [-0.25, -0.2) is 4.98 Å². The third-order valence-electron chi connectivity index (χ3n) is 2.21. The van der Waals surface area contributed by atoms with Crippen LogP contribution in [0.5, 0.6) is 0 Å². The molecule has 1 unspecified atom stereocenters. The van der Waals surface area contributed by atoms with Crippen molar-refractivity contribution in [2.45, 2.75) is 19.4 Å². The molecule has 1 atom stereocenters. The molecule has 88 valence electrons. The number of rotatable bonds is 6. The lowest BCUT2D eigenvalue weighted by molar-refractivity contribution is 0.770. The van der Waals surface area contributed by atoms with E-state index >= 15 is 0 Å². The molecule has 0 radical (unpaired) electrons. The summed E-state index contributed by atoms with van der Waals surface area (Å²) >= 11 is 6.72. The molecular formula is C11H17N3S2. The van der Waals surface area contributed by atoms with Gasteiger partial charge in [-0.1, -0.05) is 25.2 Å². The Balaban J connectivity index is 2.72. The number of nitrogens with zero attached hydrogens (tertiary/aromatic N) is 1. The summed E-state index contributed by atoms with van der Waals surface area (Å²) in [6, 6.07) is 6.10. The van der Waals surface area contributed by atoms with E-state index < -0.39 is 0 Å². The summed E-state index contributed by atoms with van der Waals surface area (Å²) < 4.78 is 0. The second kappa shape index (κ2) is 6.70. The number of hydrogen-bond acceptors (Lipinski definition) is 4. The fraction of sp³-hybridized carbons (Fsp3) is 0.455. The van der Waals surface area contributed by atoms with Gasteiger partial charge in [0.15, 0.2) is 0 Å². The molecule has 1 aromatic heterocycles. The van der Waals surface area contributed by atoms with E-state index in [2.05, 4.69) is 23.5 Å². The second-order valence-electron chi connectivity index (χ2n) is 3.48. The zero-order valence-corrected chi connectivity index (χ0v) is 11.2. The van der Waals surface area contributed by atoms with Gasteiger partial charge >= 0.3 is 0 Å². The van der Waals surface area contributed by atoms with Crippen molar-refractivity contribution in [3.8, 4) is 0 Å². The highest BCUT2D eigenvalue weighted by atomic mass is 32.2. The smallest absolute Gasteiger partial charge is 0.126 e. The minimum absolute atomic E-state index is 0.335. The number of pyridine rings is 1. The Kier molecular flexibility index (Phi) is 5.55. The van der Waals surface area contributed by atoms with E-state index in [0.717, 1.165) is 18.0 Å². The van der Waals surface area contributed by atoms with Gasteiger partial charge in [0, 0.05) is 11.8 Å². The highest BCUT2D eigenvalue weighted by Gasteiger charge is 2.06. The number of thiocarbonyl (C=S) groups is 1. The summed E-state index contributed by atoms with van der Waals surface area (Å²) in [4.78, 5) is 4.69. The van der Waals surface area contributed by atoms with Crippen molar-refractivity contribution in [2.24, 2.45) is 5.73 Å². The largest absolute Gasteiger partial charge is 0.388 e. The topological polar surface area (TPSA) is 50.9 Å². The molecule has 1 aromatic rings. The van der Waals surface area contributed by atoms with E-state index in [9.17, 15) is 0 Å². The fourth-order valence-electron chi connectivity index (χ4n) is 1.32. The summed E-state index contributed by atoms with van der Waals surface area (Å²) in [6.07, 6.45) is 3.17. The Hall–Kier alpha value is -0.810. The molecule has 1 rings (SSSR count). The van der Waals surface area contributed by atoms with Gasteiger partial charge in [0.2, 0.25) is 0 Å². The van der Waals surface area contributed by atoms with Crippen molar-refractivity contribution < 1.29 is 0 Å². The fourth-order valence-corrected chi connectivity index (χ4v) is 2.16. The highest BCUT2D eigenvalue weighted by molar-refractivity contribution is 7.98. The zero-order chi connectivity index (χ0) is 12.0. The molecule has 1 heterocycles. The lowest BCUT2D eigenvalue weighted by Crippen LogP contribution is -2.22. The van der Waals surface area contributed by atoms with Gasteiger partial charge in [-0.3, -0.25) is 0 Å². The zero-order valence-electron chi connectivity index (χ0n) is 9.56. The average molecular weight is 255 g/mol. The highest BCUT2D eigenvalue weighted by Crippen LogP contribution is 2.10. The van der Waals surface area contributed by atoms with Crippen LogP contribution in [0, 0.1) is 0 Å². The minimum Gasteiger partial charge on any atom is -0.388 e. The molecule has 16 heavy (non-hydrogen) atoms. The van der Waals surface area contributed by atoms with Crippen LogP contribution in [0.4, 0.5) is 5.82 Å². The van der Waals surface area contributed by atoms with Gasteiger partial charge in [0.1, 0.15) is 10.8 Å². The molecule has 0 bridgehead atoms. The molecule has 0 aromatic carbocycles. The maximum absolute atomic E-state index is 5.54.